The summed E-state index contributed by atoms with van der Waals surface area (Å²) in [7, 11) is 0. The largest absolute Gasteiger partial charge is 0.477 e. The van der Waals surface area contributed by atoms with Crippen molar-refractivity contribution in [1.29, 1.82) is 0 Å². The van der Waals surface area contributed by atoms with Crippen molar-refractivity contribution in [3.8, 4) is 0 Å². The summed E-state index contributed by atoms with van der Waals surface area (Å²) in [6.07, 6.45) is 4.19. The number of β-lactam (4-membered cyclic amide) rings is 1. The number of aromatic nitrogens is 2. The van der Waals surface area contributed by atoms with Gasteiger partial charge in [0, 0.05) is 28.8 Å². The van der Waals surface area contributed by atoms with Crippen molar-refractivity contribution in [2.75, 3.05) is 24.6 Å². The molecule has 0 aliphatic carbocycles. The van der Waals surface area contributed by atoms with Gasteiger partial charge in [-0.1, -0.05) is 11.2 Å². The van der Waals surface area contributed by atoms with E-state index in [0.717, 1.165) is 11.3 Å². The fraction of sp³-hybridized carbons (Fsp3) is 0.333. The molecule has 1 saturated heterocycles. The standard InChI is InChI=1S/C21H23N7O5S2/c22-5-4-8-33-26-14(13-11-35-21(23)24-13)17(29)25-15-18(30)28-16(20(31)32)12(10-34-19(15)28)9-27-6-2-1-3-7-27/h1-3,6-7,11,15,19H,4-5,8-10,22H2,(H3-,23,24,25,29,31,32)/p+1/b26-14-/t15-,19+/m1/s1. The number of nitrogens with zero attached hydrogens (tertiary/aromatic N) is 4. The Morgan fingerprint density at radius 2 is 2.11 bits per heavy atom. The number of carboxylic acids is 1. The second-order valence-electron chi connectivity index (χ2n) is 7.65. The molecule has 35 heavy (non-hydrogen) atoms. The number of hydrogen-bond acceptors (Lipinski definition) is 10. The summed E-state index contributed by atoms with van der Waals surface area (Å²) in [5.74, 6) is -1.97. The number of carbonyl (C=O) groups excluding carboxylic acids is 2. The Balaban J connectivity index is 1.51. The highest BCUT2D eigenvalue weighted by molar-refractivity contribution is 8.00. The monoisotopic (exact) mass is 518 g/mol. The third kappa shape index (κ3) is 5.28. The molecule has 2 aromatic heterocycles. The van der Waals surface area contributed by atoms with Crippen molar-refractivity contribution < 1.29 is 28.9 Å². The maximum absolute atomic E-state index is 13.0. The van der Waals surface area contributed by atoms with E-state index in [-0.39, 0.29) is 28.8 Å². The molecule has 4 heterocycles. The van der Waals surface area contributed by atoms with Crippen molar-refractivity contribution in [1.82, 2.24) is 15.2 Å². The van der Waals surface area contributed by atoms with Crippen molar-refractivity contribution in [2.24, 2.45) is 10.9 Å². The van der Waals surface area contributed by atoms with E-state index >= 15 is 0 Å². The number of pyridine rings is 1. The summed E-state index contributed by atoms with van der Waals surface area (Å²) < 4.78 is 1.84. The van der Waals surface area contributed by atoms with Crippen molar-refractivity contribution in [3.63, 3.8) is 0 Å². The summed E-state index contributed by atoms with van der Waals surface area (Å²) in [6, 6.07) is 4.63. The summed E-state index contributed by atoms with van der Waals surface area (Å²) in [6.45, 7) is 0.942. The van der Waals surface area contributed by atoms with Gasteiger partial charge in [0.25, 0.3) is 11.8 Å². The first-order chi connectivity index (χ1) is 16.9. The number of rotatable bonds is 10. The van der Waals surface area contributed by atoms with Gasteiger partial charge in [0.05, 0.1) is 0 Å². The van der Waals surface area contributed by atoms with Gasteiger partial charge in [-0.05, 0) is 13.0 Å². The van der Waals surface area contributed by atoms with E-state index in [0.29, 0.717) is 30.8 Å². The van der Waals surface area contributed by atoms with Gasteiger partial charge >= 0.3 is 5.97 Å². The number of fused-ring (bicyclic) bond motifs is 1. The third-order valence-corrected chi connectivity index (χ3v) is 7.28. The summed E-state index contributed by atoms with van der Waals surface area (Å²) in [4.78, 5) is 48.6. The molecule has 0 aromatic carbocycles. The van der Waals surface area contributed by atoms with Crippen LogP contribution in [0.15, 0.2) is 52.4 Å². The Bertz CT molecular complexity index is 1180. The topological polar surface area (TPSA) is 177 Å². The number of nitrogens with two attached hydrogens (primary N) is 2. The Kier molecular flexibility index (Phi) is 7.63. The van der Waals surface area contributed by atoms with E-state index in [1.54, 1.807) is 5.38 Å². The number of anilines is 1. The Labute approximate surface area is 208 Å². The van der Waals surface area contributed by atoms with Crippen LogP contribution in [0.1, 0.15) is 12.1 Å². The zero-order chi connectivity index (χ0) is 24.9. The molecule has 2 atom stereocenters. The zero-order valence-corrected chi connectivity index (χ0v) is 20.1. The highest BCUT2D eigenvalue weighted by atomic mass is 32.2. The molecule has 2 aliphatic rings. The maximum Gasteiger partial charge on any atom is 0.352 e. The molecular formula is C21H24N7O5S2+. The average Bonchev–Trinajstić information content (AvgIpc) is 3.28. The lowest BCUT2D eigenvalue weighted by molar-refractivity contribution is -0.689. The minimum atomic E-state index is -1.19. The molecule has 14 heteroatoms. The molecular weight excluding hydrogens is 494 g/mol. The number of oxime groups is 1. The third-order valence-electron chi connectivity index (χ3n) is 5.26. The van der Waals surface area contributed by atoms with Crippen LogP contribution in [0.25, 0.3) is 0 Å². The zero-order valence-electron chi connectivity index (χ0n) is 18.5. The highest BCUT2D eigenvalue weighted by Gasteiger charge is 2.54. The van der Waals surface area contributed by atoms with Crippen LogP contribution in [0.4, 0.5) is 5.13 Å². The van der Waals surface area contributed by atoms with E-state index in [2.05, 4.69) is 15.5 Å². The first kappa shape index (κ1) is 24.6. The number of nitrogen functional groups attached to an aromatic ring is 1. The molecule has 0 radical (unpaired) electrons. The Hall–Kier alpha value is -3.49. The van der Waals surface area contributed by atoms with Gasteiger partial charge in [0.1, 0.15) is 29.4 Å². The van der Waals surface area contributed by atoms with E-state index < -0.39 is 29.2 Å². The van der Waals surface area contributed by atoms with Crippen LogP contribution in [0.3, 0.4) is 0 Å². The quantitative estimate of drug-likeness (QED) is 0.106. The minimum absolute atomic E-state index is 0.0492. The van der Waals surface area contributed by atoms with Crippen LogP contribution in [-0.2, 0) is 25.8 Å². The number of hydrogen-bond donors (Lipinski definition) is 4. The van der Waals surface area contributed by atoms with Crippen molar-refractivity contribution in [3.05, 3.63) is 52.9 Å². The normalized spacial score (nSPS) is 19.7. The van der Waals surface area contributed by atoms with Crippen LogP contribution >= 0.6 is 23.1 Å². The van der Waals surface area contributed by atoms with Crippen LogP contribution in [0.2, 0.25) is 0 Å². The number of carboxylic acid groups (broad SMARTS) is 1. The van der Waals surface area contributed by atoms with Gasteiger partial charge < -0.3 is 26.7 Å². The number of aliphatic carboxylic acids is 1. The van der Waals surface area contributed by atoms with Gasteiger partial charge in [0.2, 0.25) is 0 Å². The molecule has 184 valence electrons. The molecule has 0 unspecified atom stereocenters. The first-order valence-corrected chi connectivity index (χ1v) is 12.6. The van der Waals surface area contributed by atoms with Crippen LogP contribution in [0, 0.1) is 0 Å². The SMILES string of the molecule is NCCCO/N=C(\C(=O)N[C@@H]1C(=O)N2C(C(=O)O)=C(C[n+]3ccccc3)CS[C@@H]12)c1csc(N)n1. The molecule has 1 fully saturated rings. The Morgan fingerprint density at radius 3 is 2.77 bits per heavy atom. The number of carbonyl (C=O) groups is 3. The first-order valence-electron chi connectivity index (χ1n) is 10.7. The summed E-state index contributed by atoms with van der Waals surface area (Å²) in [5, 5.41) is 17.6. The molecule has 0 bridgehead atoms. The smallest absolute Gasteiger partial charge is 0.352 e. The predicted octanol–water partition coefficient (Wildman–Crippen LogP) is -0.479. The molecule has 2 aliphatic heterocycles. The molecule has 0 saturated carbocycles. The number of thioether (sulfide) groups is 1. The second-order valence-corrected chi connectivity index (χ2v) is 9.65. The maximum atomic E-state index is 13.0. The predicted molar refractivity (Wildman–Crippen MR) is 129 cm³/mol. The fourth-order valence-corrected chi connectivity index (χ4v) is 5.52. The lowest BCUT2D eigenvalue weighted by Gasteiger charge is -2.49. The van der Waals surface area contributed by atoms with E-state index in [9.17, 15) is 19.5 Å². The van der Waals surface area contributed by atoms with E-state index in [4.69, 9.17) is 16.3 Å². The summed E-state index contributed by atoms with van der Waals surface area (Å²) in [5.41, 5.74) is 11.8. The number of amides is 2. The molecule has 6 N–H and O–H groups in total. The lowest BCUT2D eigenvalue weighted by atomic mass is 10.0. The fourth-order valence-electron chi connectivity index (χ4n) is 3.63. The highest BCUT2D eigenvalue weighted by Crippen LogP contribution is 2.40. The minimum Gasteiger partial charge on any atom is -0.477 e. The Morgan fingerprint density at radius 1 is 1.34 bits per heavy atom. The molecule has 12 nitrogen and oxygen atoms in total. The van der Waals surface area contributed by atoms with Crippen molar-refractivity contribution >= 4 is 51.7 Å². The van der Waals surface area contributed by atoms with Gasteiger partial charge in [-0.25, -0.2) is 14.3 Å². The lowest BCUT2D eigenvalue weighted by Crippen LogP contribution is -2.71. The number of nitrogens with one attached hydrogen (secondary N) is 1. The van der Waals surface area contributed by atoms with Crippen LogP contribution < -0.4 is 21.4 Å². The number of thiazole rings is 1. The molecule has 4 rings (SSSR count). The van der Waals surface area contributed by atoms with Gasteiger partial charge in [-0.3, -0.25) is 14.5 Å². The van der Waals surface area contributed by atoms with Crippen LogP contribution in [0.5, 0.6) is 0 Å². The van der Waals surface area contributed by atoms with E-state index in [1.807, 2.05) is 35.2 Å². The summed E-state index contributed by atoms with van der Waals surface area (Å²) >= 11 is 2.52. The van der Waals surface area contributed by atoms with Crippen LogP contribution in [-0.4, -0.2) is 68.8 Å². The van der Waals surface area contributed by atoms with Crippen molar-refractivity contribution in [2.45, 2.75) is 24.4 Å². The van der Waals surface area contributed by atoms with Gasteiger partial charge in [0.15, 0.2) is 29.8 Å². The van der Waals surface area contributed by atoms with Gasteiger partial charge in [-0.15, -0.1) is 23.1 Å². The second kappa shape index (κ2) is 10.8. The van der Waals surface area contributed by atoms with E-state index in [1.165, 1.54) is 16.7 Å². The molecule has 2 amide bonds. The molecule has 0 spiro atoms. The average molecular weight is 519 g/mol. The molecule has 2 aromatic rings. The van der Waals surface area contributed by atoms with Gasteiger partial charge in [-0.2, -0.15) is 0 Å².